The molecular formula is C19H17ClF2N2O2. The van der Waals surface area contributed by atoms with Gasteiger partial charge in [0.25, 0.3) is 5.91 Å². The Hall–Kier alpha value is -2.73. The Morgan fingerprint density at radius 2 is 1.77 bits per heavy atom. The van der Waals surface area contributed by atoms with Crippen molar-refractivity contribution in [2.24, 2.45) is 0 Å². The Balaban J connectivity index is 2.22. The van der Waals surface area contributed by atoms with Crippen LogP contribution in [0, 0.1) is 11.6 Å². The van der Waals surface area contributed by atoms with Gasteiger partial charge in [0, 0.05) is 22.7 Å². The first-order valence-electron chi connectivity index (χ1n) is 7.81. The molecule has 2 N–H and O–H groups in total. The first-order valence-corrected chi connectivity index (χ1v) is 8.19. The second kappa shape index (κ2) is 8.58. The lowest BCUT2D eigenvalue weighted by Gasteiger charge is -2.13. The number of anilines is 1. The third kappa shape index (κ3) is 5.13. The summed E-state index contributed by atoms with van der Waals surface area (Å²) in [5, 5.41) is 5.54. The van der Waals surface area contributed by atoms with E-state index >= 15 is 0 Å². The summed E-state index contributed by atoms with van der Waals surface area (Å²) in [5.74, 6) is -2.60. The fourth-order valence-electron chi connectivity index (χ4n) is 2.16. The van der Waals surface area contributed by atoms with Crippen LogP contribution in [0.3, 0.4) is 0 Å². The zero-order valence-electron chi connectivity index (χ0n) is 14.1. The van der Waals surface area contributed by atoms with Crippen LogP contribution < -0.4 is 10.6 Å². The predicted molar refractivity (Wildman–Crippen MR) is 98.1 cm³/mol. The van der Waals surface area contributed by atoms with Crippen LogP contribution in [0.25, 0.3) is 6.08 Å². The van der Waals surface area contributed by atoms with Gasteiger partial charge in [-0.2, -0.15) is 0 Å². The van der Waals surface area contributed by atoms with Crippen LogP contribution in [0.2, 0.25) is 5.02 Å². The summed E-state index contributed by atoms with van der Waals surface area (Å²) in [6.45, 7) is 3.61. The molecular weight excluding hydrogens is 362 g/mol. The van der Waals surface area contributed by atoms with Gasteiger partial charge in [-0.05, 0) is 50.3 Å². The van der Waals surface area contributed by atoms with E-state index in [9.17, 15) is 18.4 Å². The number of amides is 2. The van der Waals surface area contributed by atoms with E-state index in [1.165, 1.54) is 24.3 Å². The third-order valence-corrected chi connectivity index (χ3v) is 3.54. The number of benzene rings is 2. The van der Waals surface area contributed by atoms with E-state index < -0.39 is 17.5 Å². The molecule has 2 aromatic carbocycles. The number of halogens is 3. The number of carbonyl (C=O) groups is 2. The summed E-state index contributed by atoms with van der Waals surface area (Å²) < 4.78 is 27.2. The summed E-state index contributed by atoms with van der Waals surface area (Å²) in [7, 11) is 0. The highest BCUT2D eigenvalue weighted by molar-refractivity contribution is 6.31. The van der Waals surface area contributed by atoms with Crippen molar-refractivity contribution >= 4 is 35.2 Å². The SMILES string of the molecule is CC(C)NC(=O)c1ccc(Cl)cc1NC(=O)/C=C/c1c(F)cccc1F. The minimum absolute atomic E-state index is 0.0920. The number of hydrogen-bond acceptors (Lipinski definition) is 2. The molecule has 0 aliphatic heterocycles. The van der Waals surface area contributed by atoms with Gasteiger partial charge in [-0.1, -0.05) is 17.7 Å². The second-order valence-electron chi connectivity index (χ2n) is 5.78. The summed E-state index contributed by atoms with van der Waals surface area (Å²) in [5.41, 5.74) is 0.0905. The van der Waals surface area contributed by atoms with Crippen molar-refractivity contribution in [1.82, 2.24) is 5.32 Å². The highest BCUT2D eigenvalue weighted by atomic mass is 35.5. The maximum atomic E-state index is 13.6. The van der Waals surface area contributed by atoms with Crippen molar-refractivity contribution in [3.05, 3.63) is 70.3 Å². The van der Waals surface area contributed by atoms with E-state index in [0.29, 0.717) is 5.02 Å². The van der Waals surface area contributed by atoms with Crippen LogP contribution in [0.4, 0.5) is 14.5 Å². The normalized spacial score (nSPS) is 11.0. The predicted octanol–water partition coefficient (Wildman–Crippen LogP) is 4.41. The number of hydrogen-bond donors (Lipinski definition) is 2. The maximum absolute atomic E-state index is 13.6. The number of nitrogens with one attached hydrogen (secondary N) is 2. The largest absolute Gasteiger partial charge is 0.350 e. The van der Waals surface area contributed by atoms with Gasteiger partial charge in [0.05, 0.1) is 11.3 Å². The molecule has 4 nitrogen and oxygen atoms in total. The minimum Gasteiger partial charge on any atom is -0.350 e. The van der Waals surface area contributed by atoms with Gasteiger partial charge in [-0.3, -0.25) is 9.59 Å². The monoisotopic (exact) mass is 378 g/mol. The van der Waals surface area contributed by atoms with E-state index in [4.69, 9.17) is 11.6 Å². The lowest BCUT2D eigenvalue weighted by Crippen LogP contribution is -2.31. The average Bonchev–Trinajstić information content (AvgIpc) is 2.53. The van der Waals surface area contributed by atoms with Gasteiger partial charge in [-0.15, -0.1) is 0 Å². The zero-order chi connectivity index (χ0) is 19.3. The van der Waals surface area contributed by atoms with E-state index in [2.05, 4.69) is 10.6 Å². The van der Waals surface area contributed by atoms with Gasteiger partial charge in [-0.25, -0.2) is 8.78 Å². The van der Waals surface area contributed by atoms with Crippen LogP contribution in [0.1, 0.15) is 29.8 Å². The molecule has 0 fully saturated rings. The molecule has 0 atom stereocenters. The molecule has 0 saturated heterocycles. The van der Waals surface area contributed by atoms with E-state index in [1.807, 2.05) is 0 Å². The van der Waals surface area contributed by atoms with E-state index in [1.54, 1.807) is 13.8 Å². The lowest BCUT2D eigenvalue weighted by molar-refractivity contribution is -0.111. The second-order valence-corrected chi connectivity index (χ2v) is 6.21. The Labute approximate surface area is 154 Å². The van der Waals surface area contributed by atoms with Gasteiger partial charge >= 0.3 is 0 Å². The molecule has 0 aromatic heterocycles. The van der Waals surface area contributed by atoms with Crippen molar-refractivity contribution in [3.63, 3.8) is 0 Å². The quantitative estimate of drug-likeness (QED) is 0.757. The van der Waals surface area contributed by atoms with Gasteiger partial charge in [0.15, 0.2) is 0 Å². The van der Waals surface area contributed by atoms with Crippen LogP contribution >= 0.6 is 11.6 Å². The first kappa shape index (κ1) is 19.6. The van der Waals surface area contributed by atoms with Crippen molar-refractivity contribution in [2.45, 2.75) is 19.9 Å². The molecule has 0 saturated carbocycles. The van der Waals surface area contributed by atoms with Crippen LogP contribution in [0.15, 0.2) is 42.5 Å². The molecule has 2 aromatic rings. The smallest absolute Gasteiger partial charge is 0.253 e. The Morgan fingerprint density at radius 1 is 1.12 bits per heavy atom. The summed E-state index contributed by atoms with van der Waals surface area (Å²) in [6, 6.07) is 7.75. The molecule has 136 valence electrons. The molecule has 0 aliphatic rings. The van der Waals surface area contributed by atoms with Crippen molar-refractivity contribution in [2.75, 3.05) is 5.32 Å². The lowest BCUT2D eigenvalue weighted by atomic mass is 10.1. The molecule has 0 spiro atoms. The van der Waals surface area contributed by atoms with Crippen molar-refractivity contribution in [1.29, 1.82) is 0 Å². The molecule has 0 heterocycles. The zero-order valence-corrected chi connectivity index (χ0v) is 14.9. The standard InChI is InChI=1S/C19H17ClF2N2O2/c1-11(2)23-19(26)14-7-6-12(20)10-17(14)24-18(25)9-8-13-15(21)4-3-5-16(13)22/h3-11H,1-2H3,(H,23,26)(H,24,25)/b9-8+. The van der Waals surface area contributed by atoms with Crippen molar-refractivity contribution in [3.8, 4) is 0 Å². The molecule has 2 amide bonds. The van der Waals surface area contributed by atoms with Crippen LogP contribution in [-0.2, 0) is 4.79 Å². The van der Waals surface area contributed by atoms with E-state index in [-0.39, 0.29) is 28.8 Å². The molecule has 0 radical (unpaired) electrons. The van der Waals surface area contributed by atoms with Crippen molar-refractivity contribution < 1.29 is 18.4 Å². The number of rotatable bonds is 5. The Bertz CT molecular complexity index is 846. The van der Waals surface area contributed by atoms with Gasteiger partial charge < -0.3 is 10.6 Å². The highest BCUT2D eigenvalue weighted by Crippen LogP contribution is 2.22. The molecule has 0 unspecified atom stereocenters. The van der Waals surface area contributed by atoms with E-state index in [0.717, 1.165) is 24.3 Å². The topological polar surface area (TPSA) is 58.2 Å². The minimum atomic E-state index is -0.784. The van der Waals surface area contributed by atoms with Gasteiger partial charge in [0.2, 0.25) is 5.91 Å². The maximum Gasteiger partial charge on any atom is 0.253 e. The summed E-state index contributed by atoms with van der Waals surface area (Å²) in [6.07, 6.45) is 2.00. The fourth-order valence-corrected chi connectivity index (χ4v) is 2.33. The third-order valence-electron chi connectivity index (χ3n) is 3.30. The average molecular weight is 379 g/mol. The summed E-state index contributed by atoms with van der Waals surface area (Å²) >= 11 is 5.93. The molecule has 0 bridgehead atoms. The molecule has 26 heavy (non-hydrogen) atoms. The fraction of sp³-hybridized carbons (Fsp3) is 0.158. The Kier molecular flexibility index (Phi) is 6.46. The first-order chi connectivity index (χ1) is 12.3. The van der Waals surface area contributed by atoms with Gasteiger partial charge in [0.1, 0.15) is 11.6 Å². The molecule has 0 aliphatic carbocycles. The number of carbonyl (C=O) groups excluding carboxylic acids is 2. The molecule has 2 rings (SSSR count). The highest BCUT2D eigenvalue weighted by Gasteiger charge is 2.14. The van der Waals surface area contributed by atoms with Crippen LogP contribution in [0.5, 0.6) is 0 Å². The Morgan fingerprint density at radius 3 is 2.38 bits per heavy atom. The molecule has 7 heteroatoms. The summed E-state index contributed by atoms with van der Waals surface area (Å²) in [4.78, 5) is 24.3. The van der Waals surface area contributed by atoms with Crippen LogP contribution in [-0.4, -0.2) is 17.9 Å².